The Morgan fingerprint density at radius 1 is 1.07 bits per heavy atom. The maximum Gasteiger partial charge on any atom is 0.247 e. The summed E-state index contributed by atoms with van der Waals surface area (Å²) in [7, 11) is 0. The van der Waals surface area contributed by atoms with Crippen LogP contribution in [-0.4, -0.2) is 35.6 Å². The molecular weight excluding hydrogens is 450 g/mol. The molecule has 0 radical (unpaired) electrons. The zero-order valence-corrected chi connectivity index (χ0v) is 18.9. The highest BCUT2D eigenvalue weighted by molar-refractivity contribution is 9.10. The van der Waals surface area contributed by atoms with Gasteiger partial charge in [0.05, 0.1) is 0 Å². The van der Waals surface area contributed by atoms with E-state index in [9.17, 15) is 9.59 Å². The fourth-order valence-corrected chi connectivity index (χ4v) is 3.49. The summed E-state index contributed by atoms with van der Waals surface area (Å²) in [5, 5.41) is 2.97. The fraction of sp³-hybridized carbons (Fsp3) is 0.364. The minimum absolute atomic E-state index is 0.103. The van der Waals surface area contributed by atoms with Gasteiger partial charge in [-0.1, -0.05) is 58.4 Å². The molecule has 0 aliphatic rings. The zero-order chi connectivity index (χ0) is 21.1. The number of carbonyl (C=O) groups excluding carboxylic acids is 2. The second-order valence-corrected chi connectivity index (χ2v) is 8.08. The number of rotatable bonds is 11. The maximum atomic E-state index is 13.2. The topological polar surface area (TPSA) is 75.4 Å². The number of nitrogens with two attached hydrogens (primary N) is 1. The van der Waals surface area contributed by atoms with E-state index in [1.165, 1.54) is 0 Å². The quantitative estimate of drug-likeness (QED) is 0.341. The molecule has 0 aliphatic carbocycles. The van der Waals surface area contributed by atoms with Gasteiger partial charge in [0.25, 0.3) is 0 Å². The summed E-state index contributed by atoms with van der Waals surface area (Å²) in [6.07, 6.45) is 1.91. The summed E-state index contributed by atoms with van der Waals surface area (Å²) < 4.78 is 0.916. The number of unbranched alkanes of at least 4 members (excludes halogenated alkanes) is 1. The predicted molar refractivity (Wildman–Crippen MR) is 124 cm³/mol. The highest BCUT2D eigenvalue weighted by Crippen LogP contribution is 2.26. The number of amides is 2. The lowest BCUT2D eigenvalue weighted by atomic mass is 10.0. The molecule has 3 N–H and O–H groups in total. The molecular formula is C22H28BrN3O2S. The molecule has 0 bridgehead atoms. The molecule has 2 aromatic carbocycles. The number of nitrogens with one attached hydrogen (secondary N) is 1. The summed E-state index contributed by atoms with van der Waals surface area (Å²) in [6.45, 7) is 1.47. The molecule has 0 spiro atoms. The lowest BCUT2D eigenvalue weighted by Crippen LogP contribution is -2.43. The van der Waals surface area contributed by atoms with Crippen LogP contribution in [-0.2, 0) is 16.1 Å². The molecule has 29 heavy (non-hydrogen) atoms. The summed E-state index contributed by atoms with van der Waals surface area (Å²) in [6, 6.07) is 16.5. The first-order valence-electron chi connectivity index (χ1n) is 9.74. The van der Waals surface area contributed by atoms with Crippen molar-refractivity contribution in [2.75, 3.05) is 18.8 Å². The number of nitrogens with zero attached hydrogens (tertiary/aromatic N) is 1. The van der Waals surface area contributed by atoms with Crippen LogP contribution in [0.1, 0.15) is 36.4 Å². The van der Waals surface area contributed by atoms with E-state index in [0.29, 0.717) is 25.4 Å². The second kappa shape index (κ2) is 12.7. The van der Waals surface area contributed by atoms with Crippen molar-refractivity contribution in [3.05, 3.63) is 70.2 Å². The van der Waals surface area contributed by atoms with Crippen LogP contribution >= 0.6 is 28.6 Å². The SMILES string of the molecule is NCCCCNC(=O)C(c1ccc(Br)cc1)N(Cc1ccccc1)C(=O)CCS. The molecule has 0 saturated carbocycles. The minimum Gasteiger partial charge on any atom is -0.354 e. The average molecular weight is 478 g/mol. The molecule has 1 atom stereocenters. The van der Waals surface area contributed by atoms with E-state index >= 15 is 0 Å². The van der Waals surface area contributed by atoms with Gasteiger partial charge in [-0.15, -0.1) is 0 Å². The van der Waals surface area contributed by atoms with Crippen LogP contribution in [0.25, 0.3) is 0 Å². The first kappa shape index (κ1) is 23.4. The van der Waals surface area contributed by atoms with Crippen LogP contribution in [0.4, 0.5) is 0 Å². The summed E-state index contributed by atoms with van der Waals surface area (Å²) in [5.41, 5.74) is 7.28. The lowest BCUT2D eigenvalue weighted by molar-refractivity contribution is -0.141. The van der Waals surface area contributed by atoms with Crippen molar-refractivity contribution in [3.63, 3.8) is 0 Å². The van der Waals surface area contributed by atoms with Crippen LogP contribution in [0.3, 0.4) is 0 Å². The number of carbonyl (C=O) groups is 2. The molecule has 156 valence electrons. The number of thiol groups is 1. The van der Waals surface area contributed by atoms with Crippen molar-refractivity contribution in [1.82, 2.24) is 10.2 Å². The van der Waals surface area contributed by atoms with Crippen molar-refractivity contribution in [2.45, 2.75) is 31.8 Å². The van der Waals surface area contributed by atoms with Gasteiger partial charge >= 0.3 is 0 Å². The van der Waals surface area contributed by atoms with Crippen molar-refractivity contribution < 1.29 is 9.59 Å². The van der Waals surface area contributed by atoms with E-state index in [4.69, 9.17) is 5.73 Å². The van der Waals surface area contributed by atoms with Gasteiger partial charge in [-0.25, -0.2) is 0 Å². The molecule has 2 amide bonds. The van der Waals surface area contributed by atoms with Gasteiger partial charge in [-0.3, -0.25) is 9.59 Å². The highest BCUT2D eigenvalue weighted by atomic mass is 79.9. The van der Waals surface area contributed by atoms with Crippen molar-refractivity contribution in [3.8, 4) is 0 Å². The second-order valence-electron chi connectivity index (χ2n) is 6.72. The van der Waals surface area contributed by atoms with Crippen LogP contribution in [0.5, 0.6) is 0 Å². The summed E-state index contributed by atoms with van der Waals surface area (Å²) in [4.78, 5) is 27.8. The molecule has 5 nitrogen and oxygen atoms in total. The standard InChI is InChI=1S/C22H28BrN3O2S/c23-19-10-8-18(9-11-19)21(22(28)25-14-5-4-13-24)26(20(27)12-15-29)16-17-6-2-1-3-7-17/h1-3,6-11,21,29H,4-5,12-16,24H2,(H,25,28). The van der Waals surface area contributed by atoms with E-state index < -0.39 is 6.04 Å². The van der Waals surface area contributed by atoms with Gasteiger partial charge in [0, 0.05) is 24.0 Å². The Kier molecular flexibility index (Phi) is 10.2. The average Bonchev–Trinajstić information content (AvgIpc) is 2.73. The Morgan fingerprint density at radius 3 is 2.38 bits per heavy atom. The van der Waals surface area contributed by atoms with E-state index in [0.717, 1.165) is 28.4 Å². The lowest BCUT2D eigenvalue weighted by Gasteiger charge is -2.31. The van der Waals surface area contributed by atoms with Gasteiger partial charge in [0.2, 0.25) is 11.8 Å². The van der Waals surface area contributed by atoms with Crippen molar-refractivity contribution in [2.24, 2.45) is 5.73 Å². The first-order valence-corrected chi connectivity index (χ1v) is 11.2. The molecule has 0 saturated heterocycles. The highest BCUT2D eigenvalue weighted by Gasteiger charge is 2.31. The Bertz CT molecular complexity index is 771. The monoisotopic (exact) mass is 477 g/mol. The van der Waals surface area contributed by atoms with Crippen LogP contribution < -0.4 is 11.1 Å². The molecule has 0 heterocycles. The van der Waals surface area contributed by atoms with Crippen molar-refractivity contribution in [1.29, 1.82) is 0 Å². The fourth-order valence-electron chi connectivity index (χ4n) is 3.04. The number of benzene rings is 2. The Balaban J connectivity index is 2.34. The Hall–Kier alpha value is -1.83. The molecule has 7 heteroatoms. The molecule has 0 aromatic heterocycles. The van der Waals surface area contributed by atoms with Gasteiger partial charge in [-0.05, 0) is 48.4 Å². The predicted octanol–water partition coefficient (Wildman–Crippen LogP) is 3.69. The van der Waals surface area contributed by atoms with E-state index in [-0.39, 0.29) is 18.2 Å². The Morgan fingerprint density at radius 2 is 1.76 bits per heavy atom. The molecule has 1 unspecified atom stereocenters. The summed E-state index contributed by atoms with van der Waals surface area (Å²) in [5.74, 6) is 0.136. The molecule has 2 rings (SSSR count). The molecule has 0 aliphatic heterocycles. The van der Waals surface area contributed by atoms with Gasteiger partial charge in [-0.2, -0.15) is 12.6 Å². The molecule has 2 aromatic rings. The largest absolute Gasteiger partial charge is 0.354 e. The third-order valence-electron chi connectivity index (χ3n) is 4.52. The smallest absolute Gasteiger partial charge is 0.247 e. The van der Waals surface area contributed by atoms with Gasteiger partial charge in [0.15, 0.2) is 0 Å². The van der Waals surface area contributed by atoms with Crippen LogP contribution in [0, 0.1) is 0 Å². The zero-order valence-electron chi connectivity index (χ0n) is 16.4. The van der Waals surface area contributed by atoms with Gasteiger partial charge in [0.1, 0.15) is 6.04 Å². The van der Waals surface area contributed by atoms with E-state index in [1.807, 2.05) is 54.6 Å². The summed E-state index contributed by atoms with van der Waals surface area (Å²) >= 11 is 7.65. The van der Waals surface area contributed by atoms with Gasteiger partial charge < -0.3 is 16.0 Å². The molecule has 0 fully saturated rings. The number of hydrogen-bond acceptors (Lipinski definition) is 4. The number of halogens is 1. The third-order valence-corrected chi connectivity index (χ3v) is 5.27. The van der Waals surface area contributed by atoms with E-state index in [1.54, 1.807) is 4.90 Å². The van der Waals surface area contributed by atoms with Crippen LogP contribution in [0.15, 0.2) is 59.1 Å². The third kappa shape index (κ3) is 7.49. The van der Waals surface area contributed by atoms with Crippen molar-refractivity contribution >= 4 is 40.4 Å². The Labute approximate surface area is 186 Å². The van der Waals surface area contributed by atoms with Crippen LogP contribution in [0.2, 0.25) is 0 Å². The normalized spacial score (nSPS) is 11.7. The van der Waals surface area contributed by atoms with E-state index in [2.05, 4.69) is 33.9 Å². The minimum atomic E-state index is -0.714. The first-order chi connectivity index (χ1) is 14.1. The maximum absolute atomic E-state index is 13.2. The number of hydrogen-bond donors (Lipinski definition) is 3.